The highest BCUT2D eigenvalue weighted by Gasteiger charge is 2.18. The number of fused-ring (bicyclic) bond motifs is 1. The van der Waals surface area contributed by atoms with E-state index in [4.69, 9.17) is 9.47 Å². The Morgan fingerprint density at radius 2 is 2.42 bits per heavy atom. The van der Waals surface area contributed by atoms with Crippen molar-refractivity contribution < 1.29 is 9.47 Å². The number of hydrogen-bond donors (Lipinski definition) is 1. The summed E-state index contributed by atoms with van der Waals surface area (Å²) in [4.78, 5) is 15.0. The first kappa shape index (κ1) is 12.3. The van der Waals surface area contributed by atoms with Gasteiger partial charge in [0.2, 0.25) is 0 Å². The number of H-pyrrole nitrogens is 1. The normalized spacial score (nSPS) is 19.7. The number of hydrogen-bond acceptors (Lipinski definition) is 3. The standard InChI is InChI=1S/C14H18N2O3/c1-18-12-6-2-5-11-13(12)16(14(17)15-11)8-10-4-3-7-19-9-10/h2,5-6,10H,3-4,7-9H2,1H3,(H,15,17). The molecule has 1 aliphatic heterocycles. The Bertz CT molecular complexity index is 623. The minimum absolute atomic E-state index is 0.0786. The molecule has 102 valence electrons. The van der Waals surface area contributed by atoms with Crippen LogP contribution in [0.25, 0.3) is 11.0 Å². The van der Waals surface area contributed by atoms with Gasteiger partial charge in [-0.05, 0) is 25.0 Å². The third kappa shape index (κ3) is 2.26. The quantitative estimate of drug-likeness (QED) is 0.917. The SMILES string of the molecule is COc1cccc2[nH]c(=O)n(CC3CCCOC3)c12. The first-order valence-electron chi connectivity index (χ1n) is 6.63. The molecule has 5 heteroatoms. The Hall–Kier alpha value is -1.75. The highest BCUT2D eigenvalue weighted by molar-refractivity contribution is 5.81. The van der Waals surface area contributed by atoms with Crippen molar-refractivity contribution in [3.8, 4) is 5.75 Å². The fourth-order valence-electron chi connectivity index (χ4n) is 2.73. The summed E-state index contributed by atoms with van der Waals surface area (Å²) in [6, 6.07) is 5.65. The van der Waals surface area contributed by atoms with E-state index in [9.17, 15) is 4.79 Å². The van der Waals surface area contributed by atoms with Crippen molar-refractivity contribution in [3.63, 3.8) is 0 Å². The lowest BCUT2D eigenvalue weighted by molar-refractivity contribution is 0.0484. The highest BCUT2D eigenvalue weighted by Crippen LogP contribution is 2.25. The molecule has 2 aromatic rings. The van der Waals surface area contributed by atoms with Crippen LogP contribution in [0.15, 0.2) is 23.0 Å². The minimum Gasteiger partial charge on any atom is -0.494 e. The lowest BCUT2D eigenvalue weighted by atomic mass is 10.0. The number of rotatable bonds is 3. The van der Waals surface area contributed by atoms with Gasteiger partial charge in [-0.3, -0.25) is 4.57 Å². The summed E-state index contributed by atoms with van der Waals surface area (Å²) < 4.78 is 12.6. The molecule has 5 nitrogen and oxygen atoms in total. The van der Waals surface area contributed by atoms with Crippen molar-refractivity contribution in [2.45, 2.75) is 19.4 Å². The monoisotopic (exact) mass is 262 g/mol. The number of methoxy groups -OCH3 is 1. The predicted octanol–water partition coefficient (Wildman–Crippen LogP) is 1.76. The molecule has 19 heavy (non-hydrogen) atoms. The molecule has 1 fully saturated rings. The first-order valence-corrected chi connectivity index (χ1v) is 6.63. The topological polar surface area (TPSA) is 56.2 Å². The van der Waals surface area contributed by atoms with Crippen LogP contribution in [0.2, 0.25) is 0 Å². The van der Waals surface area contributed by atoms with E-state index in [1.54, 1.807) is 11.7 Å². The number of para-hydroxylation sites is 1. The summed E-state index contributed by atoms with van der Waals surface area (Å²) >= 11 is 0. The zero-order valence-electron chi connectivity index (χ0n) is 11.0. The molecule has 0 amide bonds. The zero-order chi connectivity index (χ0) is 13.2. The Labute approximate surface area is 111 Å². The molecule has 0 spiro atoms. The minimum atomic E-state index is -0.0786. The molecule has 2 heterocycles. The number of benzene rings is 1. The van der Waals surface area contributed by atoms with Crippen LogP contribution in [0.1, 0.15) is 12.8 Å². The molecule has 3 rings (SSSR count). The molecule has 0 bridgehead atoms. The second-order valence-electron chi connectivity index (χ2n) is 4.98. The first-order chi connectivity index (χ1) is 9.29. The van der Waals surface area contributed by atoms with Gasteiger partial charge < -0.3 is 14.5 Å². The zero-order valence-corrected chi connectivity index (χ0v) is 11.0. The lowest BCUT2D eigenvalue weighted by Gasteiger charge is -2.22. The van der Waals surface area contributed by atoms with Crippen molar-refractivity contribution >= 4 is 11.0 Å². The molecule has 0 saturated carbocycles. The summed E-state index contributed by atoms with van der Waals surface area (Å²) in [5, 5.41) is 0. The number of imidazole rings is 1. The van der Waals surface area contributed by atoms with E-state index in [1.807, 2.05) is 18.2 Å². The summed E-state index contributed by atoms with van der Waals surface area (Å²) in [5.74, 6) is 1.13. The van der Waals surface area contributed by atoms with Gasteiger partial charge in [0, 0.05) is 19.1 Å². The highest BCUT2D eigenvalue weighted by atomic mass is 16.5. The number of aromatic amines is 1. The van der Waals surface area contributed by atoms with E-state index in [0.29, 0.717) is 12.5 Å². The number of ether oxygens (including phenoxy) is 2. The molecular weight excluding hydrogens is 244 g/mol. The number of nitrogens with one attached hydrogen (secondary N) is 1. The summed E-state index contributed by atoms with van der Waals surface area (Å²) in [5.41, 5.74) is 1.59. The Kier molecular flexibility index (Phi) is 3.29. The van der Waals surface area contributed by atoms with E-state index < -0.39 is 0 Å². The van der Waals surface area contributed by atoms with Crippen molar-refractivity contribution in [3.05, 3.63) is 28.7 Å². The smallest absolute Gasteiger partial charge is 0.326 e. The van der Waals surface area contributed by atoms with Crippen LogP contribution in [0.4, 0.5) is 0 Å². The van der Waals surface area contributed by atoms with Gasteiger partial charge in [0.25, 0.3) is 0 Å². The van der Waals surface area contributed by atoms with Crippen LogP contribution in [0.3, 0.4) is 0 Å². The maximum absolute atomic E-state index is 12.1. The van der Waals surface area contributed by atoms with Gasteiger partial charge in [0.05, 0.1) is 19.2 Å². The average molecular weight is 262 g/mol. The van der Waals surface area contributed by atoms with Crippen LogP contribution in [0.5, 0.6) is 5.75 Å². The molecule has 1 aromatic heterocycles. The maximum Gasteiger partial charge on any atom is 0.326 e. The molecule has 1 N–H and O–H groups in total. The van der Waals surface area contributed by atoms with Crippen LogP contribution in [-0.2, 0) is 11.3 Å². The van der Waals surface area contributed by atoms with E-state index in [0.717, 1.165) is 42.8 Å². The molecule has 1 saturated heterocycles. The van der Waals surface area contributed by atoms with E-state index in [-0.39, 0.29) is 5.69 Å². The lowest BCUT2D eigenvalue weighted by Crippen LogP contribution is -2.27. The van der Waals surface area contributed by atoms with Gasteiger partial charge in [0.1, 0.15) is 11.3 Å². The molecule has 1 unspecified atom stereocenters. The van der Waals surface area contributed by atoms with Crippen molar-refractivity contribution in [2.75, 3.05) is 20.3 Å². The third-order valence-electron chi connectivity index (χ3n) is 3.67. The fraction of sp³-hybridized carbons (Fsp3) is 0.500. The van der Waals surface area contributed by atoms with Crippen molar-refractivity contribution in [1.82, 2.24) is 9.55 Å². The fourth-order valence-corrected chi connectivity index (χ4v) is 2.73. The van der Waals surface area contributed by atoms with Crippen LogP contribution in [0, 0.1) is 5.92 Å². The van der Waals surface area contributed by atoms with Crippen molar-refractivity contribution in [2.24, 2.45) is 5.92 Å². The molecule has 1 aromatic carbocycles. The summed E-state index contributed by atoms with van der Waals surface area (Å²) in [7, 11) is 1.63. The maximum atomic E-state index is 12.1. The Morgan fingerprint density at radius 1 is 1.53 bits per heavy atom. The van der Waals surface area contributed by atoms with Gasteiger partial charge >= 0.3 is 5.69 Å². The third-order valence-corrected chi connectivity index (χ3v) is 3.67. The second-order valence-corrected chi connectivity index (χ2v) is 4.98. The van der Waals surface area contributed by atoms with Crippen LogP contribution in [-0.4, -0.2) is 29.9 Å². The average Bonchev–Trinajstić information content (AvgIpc) is 2.76. The second kappa shape index (κ2) is 5.09. The van der Waals surface area contributed by atoms with Gasteiger partial charge in [-0.2, -0.15) is 0 Å². The van der Waals surface area contributed by atoms with Gasteiger partial charge in [-0.25, -0.2) is 4.79 Å². The van der Waals surface area contributed by atoms with Gasteiger partial charge in [0.15, 0.2) is 0 Å². The molecular formula is C14H18N2O3. The largest absolute Gasteiger partial charge is 0.494 e. The van der Waals surface area contributed by atoms with Crippen LogP contribution >= 0.6 is 0 Å². The van der Waals surface area contributed by atoms with E-state index >= 15 is 0 Å². The van der Waals surface area contributed by atoms with Crippen molar-refractivity contribution in [1.29, 1.82) is 0 Å². The number of nitrogens with zero attached hydrogens (tertiary/aromatic N) is 1. The molecule has 1 aliphatic rings. The summed E-state index contributed by atoms with van der Waals surface area (Å²) in [6.45, 7) is 2.25. The van der Waals surface area contributed by atoms with E-state index in [1.165, 1.54) is 0 Å². The van der Waals surface area contributed by atoms with Gasteiger partial charge in [-0.1, -0.05) is 6.07 Å². The van der Waals surface area contributed by atoms with E-state index in [2.05, 4.69) is 4.98 Å². The van der Waals surface area contributed by atoms with Gasteiger partial charge in [-0.15, -0.1) is 0 Å². The predicted molar refractivity (Wildman–Crippen MR) is 72.7 cm³/mol. The Morgan fingerprint density at radius 3 is 3.16 bits per heavy atom. The number of aromatic nitrogens is 2. The van der Waals surface area contributed by atoms with Crippen LogP contribution < -0.4 is 10.4 Å². The summed E-state index contributed by atoms with van der Waals surface area (Å²) in [6.07, 6.45) is 2.17. The molecule has 1 atom stereocenters. The Balaban J connectivity index is 2.01. The molecule has 0 radical (unpaired) electrons. The molecule has 0 aliphatic carbocycles.